The van der Waals surface area contributed by atoms with E-state index in [1.807, 2.05) is 37.3 Å². The van der Waals surface area contributed by atoms with E-state index >= 15 is 0 Å². The molecule has 1 N–H and O–H groups in total. The Morgan fingerprint density at radius 3 is 2.38 bits per heavy atom. The minimum Gasteiger partial charge on any atom is -0.496 e. The highest BCUT2D eigenvalue weighted by Gasteiger charge is 2.15. The number of carbonyl (C=O) groups is 1. The van der Waals surface area contributed by atoms with Gasteiger partial charge in [-0.15, -0.1) is 0 Å². The van der Waals surface area contributed by atoms with E-state index in [1.165, 1.54) is 0 Å². The summed E-state index contributed by atoms with van der Waals surface area (Å²) in [6.45, 7) is 1.99. The Labute approximate surface area is 150 Å². The number of nitrogens with one attached hydrogen (secondary N) is 1. The van der Waals surface area contributed by atoms with Crippen LogP contribution >= 0.6 is 0 Å². The molecule has 0 bridgehead atoms. The fourth-order valence-corrected chi connectivity index (χ4v) is 2.51. The fraction of sp³-hybridized carbons (Fsp3) is 0.211. The third-order valence-electron chi connectivity index (χ3n) is 3.91. The molecule has 3 rings (SSSR count). The Morgan fingerprint density at radius 2 is 1.77 bits per heavy atom. The van der Waals surface area contributed by atoms with Crippen LogP contribution < -0.4 is 14.8 Å². The first-order chi connectivity index (χ1) is 12.6. The van der Waals surface area contributed by atoms with Gasteiger partial charge < -0.3 is 19.3 Å². The zero-order chi connectivity index (χ0) is 18.5. The van der Waals surface area contributed by atoms with Gasteiger partial charge in [0.1, 0.15) is 11.5 Å². The topological polar surface area (TPSA) is 86.5 Å². The Hall–Kier alpha value is -3.35. The van der Waals surface area contributed by atoms with Crippen molar-refractivity contribution < 1.29 is 18.8 Å². The Kier molecular flexibility index (Phi) is 5.17. The van der Waals surface area contributed by atoms with Gasteiger partial charge in [-0.2, -0.15) is 4.98 Å². The van der Waals surface area contributed by atoms with Crippen LogP contribution in [0, 0.1) is 6.92 Å². The lowest BCUT2D eigenvalue weighted by molar-refractivity contribution is 0.0945. The Morgan fingerprint density at radius 1 is 1.12 bits per heavy atom. The molecule has 3 aromatic rings. The largest absolute Gasteiger partial charge is 0.496 e. The minimum atomic E-state index is -0.291. The van der Waals surface area contributed by atoms with Crippen molar-refractivity contribution in [1.29, 1.82) is 0 Å². The first-order valence-corrected chi connectivity index (χ1v) is 8.01. The molecule has 1 aromatic heterocycles. The van der Waals surface area contributed by atoms with Gasteiger partial charge >= 0.3 is 0 Å². The van der Waals surface area contributed by atoms with E-state index in [4.69, 9.17) is 14.0 Å². The minimum absolute atomic E-state index is 0.122. The van der Waals surface area contributed by atoms with Crippen LogP contribution in [0.3, 0.4) is 0 Å². The van der Waals surface area contributed by atoms with Crippen molar-refractivity contribution >= 4 is 5.91 Å². The lowest BCUT2D eigenvalue weighted by Gasteiger charge is -2.12. The number of aromatic nitrogens is 2. The number of nitrogens with zero attached hydrogens (tertiary/aromatic N) is 2. The predicted molar refractivity (Wildman–Crippen MR) is 95.2 cm³/mol. The molecule has 1 heterocycles. The number of methoxy groups -OCH3 is 2. The molecule has 134 valence electrons. The molecule has 2 aromatic carbocycles. The number of benzene rings is 2. The van der Waals surface area contributed by atoms with Crippen LogP contribution in [0.15, 0.2) is 47.0 Å². The average molecular weight is 353 g/mol. The van der Waals surface area contributed by atoms with Gasteiger partial charge in [-0.1, -0.05) is 35.5 Å². The van der Waals surface area contributed by atoms with Gasteiger partial charge in [-0.05, 0) is 19.1 Å². The molecule has 0 unspecified atom stereocenters. The van der Waals surface area contributed by atoms with Crippen LogP contribution in [0.4, 0.5) is 0 Å². The van der Waals surface area contributed by atoms with Gasteiger partial charge in [-0.25, -0.2) is 0 Å². The molecular weight excluding hydrogens is 334 g/mol. The monoisotopic (exact) mass is 353 g/mol. The standard InChI is InChI=1S/C19H19N3O4/c1-12-15(24-2)9-14(10-16(12)25-3)19(23)20-11-17-21-18(22-26-17)13-7-5-4-6-8-13/h4-10H,11H2,1-3H3,(H,20,23). The summed E-state index contributed by atoms with van der Waals surface area (Å²) in [5.41, 5.74) is 2.10. The van der Waals surface area contributed by atoms with Crippen LogP contribution in [0.25, 0.3) is 11.4 Å². The number of carbonyl (C=O) groups excluding carboxylic acids is 1. The third kappa shape index (κ3) is 3.66. The zero-order valence-electron chi connectivity index (χ0n) is 14.8. The number of hydrogen-bond donors (Lipinski definition) is 1. The molecule has 0 aliphatic carbocycles. The molecular formula is C19H19N3O4. The van der Waals surface area contributed by atoms with Gasteiger partial charge in [0.25, 0.3) is 5.91 Å². The summed E-state index contributed by atoms with van der Waals surface area (Å²) in [5.74, 6) is 1.68. The van der Waals surface area contributed by atoms with E-state index in [9.17, 15) is 4.79 Å². The summed E-state index contributed by atoms with van der Waals surface area (Å²) in [6, 6.07) is 12.8. The molecule has 26 heavy (non-hydrogen) atoms. The quantitative estimate of drug-likeness (QED) is 0.733. The maximum Gasteiger partial charge on any atom is 0.251 e. The van der Waals surface area contributed by atoms with Crippen molar-refractivity contribution in [2.24, 2.45) is 0 Å². The number of hydrogen-bond acceptors (Lipinski definition) is 6. The van der Waals surface area contributed by atoms with Gasteiger partial charge in [0.2, 0.25) is 11.7 Å². The lowest BCUT2D eigenvalue weighted by atomic mass is 10.1. The van der Waals surface area contributed by atoms with Gasteiger partial charge in [0, 0.05) is 16.7 Å². The SMILES string of the molecule is COc1cc(C(=O)NCc2nc(-c3ccccc3)no2)cc(OC)c1C. The molecule has 0 spiro atoms. The first-order valence-electron chi connectivity index (χ1n) is 8.01. The van der Waals surface area contributed by atoms with E-state index in [2.05, 4.69) is 15.5 Å². The predicted octanol–water partition coefficient (Wildman–Crippen LogP) is 2.99. The number of amides is 1. The molecule has 7 heteroatoms. The van der Waals surface area contributed by atoms with Crippen molar-refractivity contribution in [3.8, 4) is 22.9 Å². The fourth-order valence-electron chi connectivity index (χ4n) is 2.51. The summed E-state index contributed by atoms with van der Waals surface area (Å²) in [7, 11) is 3.10. The van der Waals surface area contributed by atoms with Gasteiger partial charge in [0.05, 0.1) is 20.8 Å². The number of rotatable bonds is 6. The second-order valence-corrected chi connectivity index (χ2v) is 5.57. The summed E-state index contributed by atoms with van der Waals surface area (Å²) < 4.78 is 15.8. The third-order valence-corrected chi connectivity index (χ3v) is 3.91. The summed E-state index contributed by atoms with van der Waals surface area (Å²) in [5, 5.41) is 6.68. The van der Waals surface area contributed by atoms with Crippen molar-refractivity contribution in [2.75, 3.05) is 14.2 Å². The molecule has 0 fully saturated rings. The maximum atomic E-state index is 12.4. The van der Waals surface area contributed by atoms with Crippen molar-refractivity contribution in [2.45, 2.75) is 13.5 Å². The molecule has 0 aliphatic rings. The van der Waals surface area contributed by atoms with Crippen LogP contribution in [-0.2, 0) is 6.54 Å². The second kappa shape index (κ2) is 7.69. The summed E-state index contributed by atoms with van der Waals surface area (Å²) in [6.07, 6.45) is 0. The van der Waals surface area contributed by atoms with Crippen LogP contribution in [-0.4, -0.2) is 30.3 Å². The van der Waals surface area contributed by atoms with Crippen molar-refractivity contribution in [3.63, 3.8) is 0 Å². The lowest BCUT2D eigenvalue weighted by Crippen LogP contribution is -2.23. The van der Waals surface area contributed by atoms with E-state index < -0.39 is 0 Å². The molecule has 7 nitrogen and oxygen atoms in total. The Balaban J connectivity index is 1.71. The highest BCUT2D eigenvalue weighted by atomic mass is 16.5. The maximum absolute atomic E-state index is 12.4. The highest BCUT2D eigenvalue weighted by Crippen LogP contribution is 2.29. The van der Waals surface area contributed by atoms with E-state index in [1.54, 1.807) is 26.4 Å². The number of ether oxygens (including phenoxy) is 2. The Bertz CT molecular complexity index is 881. The van der Waals surface area contributed by atoms with Crippen LogP contribution in [0.1, 0.15) is 21.8 Å². The van der Waals surface area contributed by atoms with Crippen molar-refractivity contribution in [1.82, 2.24) is 15.5 Å². The van der Waals surface area contributed by atoms with E-state index in [0.717, 1.165) is 11.1 Å². The molecule has 0 aliphatic heterocycles. The molecule has 0 radical (unpaired) electrons. The summed E-state index contributed by atoms with van der Waals surface area (Å²) >= 11 is 0. The van der Waals surface area contributed by atoms with Crippen molar-refractivity contribution in [3.05, 3.63) is 59.5 Å². The zero-order valence-corrected chi connectivity index (χ0v) is 14.8. The highest BCUT2D eigenvalue weighted by molar-refractivity contribution is 5.95. The first kappa shape index (κ1) is 17.5. The summed E-state index contributed by atoms with van der Waals surface area (Å²) in [4.78, 5) is 16.7. The van der Waals surface area contributed by atoms with Crippen LogP contribution in [0.2, 0.25) is 0 Å². The molecule has 0 saturated carbocycles. The molecule has 0 atom stereocenters. The second-order valence-electron chi connectivity index (χ2n) is 5.57. The molecule has 0 saturated heterocycles. The molecule has 1 amide bonds. The van der Waals surface area contributed by atoms with E-state index in [0.29, 0.717) is 28.8 Å². The van der Waals surface area contributed by atoms with Gasteiger partial charge in [-0.3, -0.25) is 4.79 Å². The average Bonchev–Trinajstić information content (AvgIpc) is 3.16. The smallest absolute Gasteiger partial charge is 0.251 e. The van der Waals surface area contributed by atoms with E-state index in [-0.39, 0.29) is 12.5 Å². The van der Waals surface area contributed by atoms with Crippen LogP contribution in [0.5, 0.6) is 11.5 Å². The van der Waals surface area contributed by atoms with Gasteiger partial charge in [0.15, 0.2) is 0 Å². The normalized spacial score (nSPS) is 10.4.